The number of aryl methyl sites for hydroxylation is 2. The van der Waals surface area contributed by atoms with Gasteiger partial charge in [0.05, 0.1) is 11.2 Å². The van der Waals surface area contributed by atoms with Gasteiger partial charge >= 0.3 is 0 Å². The highest BCUT2D eigenvalue weighted by Crippen LogP contribution is 2.53. The molecule has 1 saturated heterocycles. The number of carbonyl (C=O) groups is 1. The number of carbonyl (C=O) groups excluding carboxylic acids is 1. The van der Waals surface area contributed by atoms with Crippen LogP contribution in [0.25, 0.3) is 0 Å². The van der Waals surface area contributed by atoms with Crippen molar-refractivity contribution in [1.29, 1.82) is 0 Å². The van der Waals surface area contributed by atoms with Crippen molar-refractivity contribution in [2.45, 2.75) is 45.1 Å². The molecule has 0 radical (unpaired) electrons. The maximum absolute atomic E-state index is 13.0. The normalized spacial score (nSPS) is 24.7. The maximum atomic E-state index is 13.0. The summed E-state index contributed by atoms with van der Waals surface area (Å²) in [7, 11) is 1.89. The molecule has 1 aliphatic heterocycles. The van der Waals surface area contributed by atoms with Gasteiger partial charge in [-0.05, 0) is 32.3 Å². The molecule has 2 aromatic rings. The molecule has 5 nitrogen and oxygen atoms in total. The van der Waals surface area contributed by atoms with Gasteiger partial charge in [-0.1, -0.05) is 43.2 Å². The number of rotatable bonds is 4. The smallest absolute Gasteiger partial charge is 0.261 e. The van der Waals surface area contributed by atoms with E-state index in [1.54, 1.807) is 4.68 Å². The lowest BCUT2D eigenvalue weighted by Crippen LogP contribution is -2.68. The van der Waals surface area contributed by atoms with Gasteiger partial charge in [-0.3, -0.25) is 9.48 Å². The maximum Gasteiger partial charge on any atom is 0.261 e. The average molecular weight is 353 g/mol. The van der Waals surface area contributed by atoms with Gasteiger partial charge in [0.25, 0.3) is 5.91 Å². The Balaban J connectivity index is 1.54. The van der Waals surface area contributed by atoms with E-state index in [0.29, 0.717) is 5.92 Å². The molecule has 2 atom stereocenters. The fourth-order valence-corrected chi connectivity index (χ4v) is 4.86. The van der Waals surface area contributed by atoms with Crippen molar-refractivity contribution in [3.8, 4) is 5.75 Å². The van der Waals surface area contributed by atoms with Crippen LogP contribution in [0.1, 0.15) is 42.6 Å². The van der Waals surface area contributed by atoms with Crippen LogP contribution in [-0.2, 0) is 17.4 Å². The van der Waals surface area contributed by atoms with Crippen molar-refractivity contribution in [3.05, 3.63) is 47.3 Å². The minimum atomic E-state index is -0.126. The van der Waals surface area contributed by atoms with Crippen LogP contribution < -0.4 is 4.74 Å². The van der Waals surface area contributed by atoms with Gasteiger partial charge in [0.15, 0.2) is 12.4 Å². The molecule has 5 heteroatoms. The zero-order valence-corrected chi connectivity index (χ0v) is 15.9. The molecule has 2 aliphatic rings. The van der Waals surface area contributed by atoms with Crippen LogP contribution in [0.5, 0.6) is 5.75 Å². The number of hydrogen-bond donors (Lipinski definition) is 0. The largest absolute Gasteiger partial charge is 0.480 e. The molecule has 138 valence electrons. The average Bonchev–Trinajstić information content (AvgIpc) is 2.87. The number of aromatic nitrogens is 2. The van der Waals surface area contributed by atoms with E-state index in [1.807, 2.05) is 27.0 Å². The summed E-state index contributed by atoms with van der Waals surface area (Å²) in [5.74, 6) is 1.38. The zero-order chi connectivity index (χ0) is 18.3. The Morgan fingerprint density at radius 2 is 2.04 bits per heavy atom. The number of benzene rings is 1. The predicted octanol–water partition coefficient (Wildman–Crippen LogP) is 3.34. The minimum absolute atomic E-state index is 0.0781. The highest BCUT2D eigenvalue weighted by atomic mass is 16.5. The van der Waals surface area contributed by atoms with Crippen LogP contribution in [0.2, 0.25) is 0 Å². The van der Waals surface area contributed by atoms with Crippen LogP contribution in [0.15, 0.2) is 30.3 Å². The van der Waals surface area contributed by atoms with Gasteiger partial charge < -0.3 is 9.64 Å². The van der Waals surface area contributed by atoms with Crippen LogP contribution >= 0.6 is 0 Å². The molecule has 1 aromatic heterocycles. The van der Waals surface area contributed by atoms with Crippen molar-refractivity contribution in [2.24, 2.45) is 13.0 Å². The molecule has 26 heavy (non-hydrogen) atoms. The van der Waals surface area contributed by atoms with Gasteiger partial charge in [-0.2, -0.15) is 5.10 Å². The number of amides is 1. The summed E-state index contributed by atoms with van der Waals surface area (Å²) in [5.41, 5.74) is 2.93. The van der Waals surface area contributed by atoms with Crippen LogP contribution in [0.3, 0.4) is 0 Å². The summed E-state index contributed by atoms with van der Waals surface area (Å²) in [6.45, 7) is 4.81. The Kier molecular flexibility index (Phi) is 4.25. The van der Waals surface area contributed by atoms with E-state index in [2.05, 4.69) is 34.3 Å². The van der Waals surface area contributed by atoms with E-state index in [-0.39, 0.29) is 18.1 Å². The third-order valence-corrected chi connectivity index (χ3v) is 6.28. The van der Waals surface area contributed by atoms with Crippen molar-refractivity contribution >= 4 is 5.91 Å². The van der Waals surface area contributed by atoms with Crippen LogP contribution in [0.4, 0.5) is 0 Å². The lowest BCUT2D eigenvalue weighted by molar-refractivity contribution is -0.168. The number of likely N-dealkylation sites (tertiary alicyclic amines) is 1. The van der Waals surface area contributed by atoms with Gasteiger partial charge in [-0.15, -0.1) is 0 Å². The highest BCUT2D eigenvalue weighted by molar-refractivity contribution is 5.80. The molecule has 2 fully saturated rings. The molecule has 0 unspecified atom stereocenters. The number of ether oxygens (including phenoxy) is 1. The standard InChI is InChI=1S/C21H27N3O2/c1-15-20(16(2)23(3)22-15)26-14-19(25)24-13-18-11-7-8-12-21(18,24)17-9-5-4-6-10-17/h4-6,9-10,18H,7-8,11-14H2,1-3H3/t18-,21+/m1/s1. The van der Waals surface area contributed by atoms with E-state index in [9.17, 15) is 4.79 Å². The highest BCUT2D eigenvalue weighted by Gasteiger charge is 2.56. The number of nitrogens with zero attached hydrogens (tertiary/aromatic N) is 3. The molecule has 1 amide bonds. The third kappa shape index (κ3) is 2.52. The molecule has 0 N–H and O–H groups in total. The lowest BCUT2D eigenvalue weighted by atomic mass is 9.61. The topological polar surface area (TPSA) is 47.4 Å². The Bertz CT molecular complexity index is 814. The van der Waals surface area contributed by atoms with E-state index < -0.39 is 0 Å². The number of fused-ring (bicyclic) bond motifs is 1. The third-order valence-electron chi connectivity index (χ3n) is 6.28. The molecule has 4 rings (SSSR count). The summed E-state index contributed by atoms with van der Waals surface area (Å²) >= 11 is 0. The zero-order valence-electron chi connectivity index (χ0n) is 15.9. The molecular weight excluding hydrogens is 326 g/mol. The van der Waals surface area contributed by atoms with E-state index in [4.69, 9.17) is 4.74 Å². The Morgan fingerprint density at radius 1 is 1.27 bits per heavy atom. The summed E-state index contributed by atoms with van der Waals surface area (Å²) < 4.78 is 7.69. The first-order valence-corrected chi connectivity index (χ1v) is 9.53. The lowest BCUT2D eigenvalue weighted by Gasteiger charge is -2.61. The summed E-state index contributed by atoms with van der Waals surface area (Å²) in [6, 6.07) is 10.5. The SMILES string of the molecule is Cc1nn(C)c(C)c1OCC(=O)N1C[C@H]2CCCC[C@]21c1ccccc1. The Labute approximate surface area is 154 Å². The van der Waals surface area contributed by atoms with E-state index in [1.165, 1.54) is 24.8 Å². The Morgan fingerprint density at radius 3 is 2.69 bits per heavy atom. The quantitative estimate of drug-likeness (QED) is 0.847. The first-order valence-electron chi connectivity index (χ1n) is 9.53. The molecule has 0 bridgehead atoms. The van der Waals surface area contributed by atoms with Crippen LogP contribution in [-0.4, -0.2) is 33.7 Å². The number of hydrogen-bond acceptors (Lipinski definition) is 3. The monoisotopic (exact) mass is 353 g/mol. The second-order valence-electron chi connectivity index (χ2n) is 7.65. The fraction of sp³-hybridized carbons (Fsp3) is 0.524. The first kappa shape index (κ1) is 17.1. The minimum Gasteiger partial charge on any atom is -0.480 e. The van der Waals surface area contributed by atoms with Gasteiger partial charge in [0.2, 0.25) is 0 Å². The van der Waals surface area contributed by atoms with E-state index in [0.717, 1.165) is 30.1 Å². The van der Waals surface area contributed by atoms with Crippen molar-refractivity contribution in [3.63, 3.8) is 0 Å². The van der Waals surface area contributed by atoms with Gasteiger partial charge in [0.1, 0.15) is 5.69 Å². The van der Waals surface area contributed by atoms with Crippen LogP contribution in [0, 0.1) is 19.8 Å². The second-order valence-corrected chi connectivity index (χ2v) is 7.65. The Hall–Kier alpha value is -2.30. The van der Waals surface area contributed by atoms with Crippen molar-refractivity contribution < 1.29 is 9.53 Å². The van der Waals surface area contributed by atoms with Gasteiger partial charge in [-0.25, -0.2) is 0 Å². The summed E-state index contributed by atoms with van der Waals surface area (Å²) in [5, 5.41) is 4.36. The molecule has 2 heterocycles. The molecule has 1 aliphatic carbocycles. The van der Waals surface area contributed by atoms with Crippen molar-refractivity contribution in [2.75, 3.05) is 13.2 Å². The summed E-state index contributed by atoms with van der Waals surface area (Å²) in [4.78, 5) is 15.1. The summed E-state index contributed by atoms with van der Waals surface area (Å²) in [6.07, 6.45) is 4.71. The fourth-order valence-electron chi connectivity index (χ4n) is 4.86. The van der Waals surface area contributed by atoms with Crippen molar-refractivity contribution in [1.82, 2.24) is 14.7 Å². The van der Waals surface area contributed by atoms with Gasteiger partial charge in [0, 0.05) is 19.5 Å². The molecule has 1 aromatic carbocycles. The molecular formula is C21H27N3O2. The molecule has 1 saturated carbocycles. The van der Waals surface area contributed by atoms with E-state index >= 15 is 0 Å². The molecule has 0 spiro atoms. The second kappa shape index (κ2) is 6.45. The predicted molar refractivity (Wildman–Crippen MR) is 100.0 cm³/mol. The first-order chi connectivity index (χ1) is 12.5.